The molecule has 5 atom stereocenters. The number of nitrogens with one attached hydrogen (secondary N) is 2. The van der Waals surface area contributed by atoms with Gasteiger partial charge in [-0.3, -0.25) is 9.59 Å². The van der Waals surface area contributed by atoms with Gasteiger partial charge in [-0.15, -0.1) is 24.0 Å². The maximum Gasteiger partial charge on any atom is 0.410 e. The molecule has 3 fully saturated rings. The molecule has 0 aromatic carbocycles. The number of hydrogen-bond donors (Lipinski definition) is 4. The summed E-state index contributed by atoms with van der Waals surface area (Å²) in [6, 6.07) is 0.394. The Morgan fingerprint density at radius 3 is 1.40 bits per heavy atom. The first kappa shape index (κ1) is 61.2. The highest BCUT2D eigenvalue weighted by atomic mass is 128. The summed E-state index contributed by atoms with van der Waals surface area (Å²) in [5.74, 6) is -0.375. The number of halogens is 3. The van der Waals surface area contributed by atoms with Crippen molar-refractivity contribution in [2.45, 2.75) is 158 Å². The van der Waals surface area contributed by atoms with E-state index in [0.717, 1.165) is 32.7 Å². The van der Waals surface area contributed by atoms with E-state index in [-0.39, 0.29) is 84.4 Å². The molecule has 340 valence electrons. The number of carbonyl (C=O) groups excluding carboxylic acids is 4. The van der Waals surface area contributed by atoms with Crippen molar-refractivity contribution in [3.63, 3.8) is 0 Å². The smallest absolute Gasteiger partial charge is 0.410 e. The molecule has 0 unspecified atom stereocenters. The Hall–Kier alpha value is -0.140. The van der Waals surface area contributed by atoms with Crippen molar-refractivity contribution in [3.05, 3.63) is 0 Å². The molecule has 4 amide bonds. The van der Waals surface area contributed by atoms with Crippen LogP contribution in [0.4, 0.5) is 9.59 Å². The molecule has 57 heavy (non-hydrogen) atoms. The van der Waals surface area contributed by atoms with Crippen LogP contribution in [-0.2, 0) is 19.1 Å². The summed E-state index contributed by atoms with van der Waals surface area (Å²) in [6.07, 6.45) is -1.48. The Morgan fingerprint density at radius 2 is 1.05 bits per heavy atom. The van der Waals surface area contributed by atoms with Crippen LogP contribution in [-0.4, -0.2) is 154 Å². The number of amides is 4. The number of hydrogen-bond acceptors (Lipinski definition) is 10. The zero-order valence-corrected chi connectivity index (χ0v) is 45.1. The van der Waals surface area contributed by atoms with Gasteiger partial charge in [-0.1, -0.05) is 41.5 Å². The molecule has 0 aliphatic carbocycles. The molecule has 3 aliphatic heterocycles. The van der Waals surface area contributed by atoms with Crippen LogP contribution in [0.5, 0.6) is 0 Å². The first-order valence-electron chi connectivity index (χ1n) is 19.5. The summed E-state index contributed by atoms with van der Waals surface area (Å²) in [6.45, 7) is 35.1. The van der Waals surface area contributed by atoms with Gasteiger partial charge in [-0.05, 0) is 86.0 Å². The first-order valence-corrected chi connectivity index (χ1v) is 25.8. The molecule has 3 aliphatic rings. The Kier molecular flexibility index (Phi) is 29.8. The largest absolute Gasteiger partial charge is 0.444 e. The maximum absolute atomic E-state index is 12.4. The van der Waals surface area contributed by atoms with Crippen molar-refractivity contribution < 1.29 is 38.9 Å². The highest BCUT2D eigenvalue weighted by Crippen LogP contribution is 2.24. The van der Waals surface area contributed by atoms with E-state index < -0.39 is 23.4 Å². The SMILES string of the molecule is C[C@H]1CN(C(=O)OC(C)(C)C)CCN1.C[C@H]1CN(C(=O)OC(C)(C)C)CCN1C(=O)[C@H](O)CC(C)(C)C.C[C@H]1CNCCN1C(=O)[C@H](O)CC(C)(C)C.I.II.S. The van der Waals surface area contributed by atoms with Crippen molar-refractivity contribution in [2.24, 2.45) is 10.8 Å². The summed E-state index contributed by atoms with van der Waals surface area (Å²) in [5, 5.41) is 26.6. The average Bonchev–Trinajstić information content (AvgIpc) is 3.03. The second-order valence-electron chi connectivity index (χ2n) is 19.2. The third kappa shape index (κ3) is 26.7. The number of piperazine rings is 3. The lowest BCUT2D eigenvalue weighted by atomic mass is 9.88. The van der Waals surface area contributed by atoms with Gasteiger partial charge in [0.05, 0.1) is 0 Å². The van der Waals surface area contributed by atoms with Crippen molar-refractivity contribution >= 4 is 98.7 Å². The zero-order valence-electron chi connectivity index (χ0n) is 37.5. The maximum atomic E-state index is 12.4. The van der Waals surface area contributed by atoms with Gasteiger partial charge in [0.2, 0.25) is 0 Å². The lowest BCUT2D eigenvalue weighted by molar-refractivity contribution is -0.146. The monoisotopic (exact) mass is 1170 g/mol. The van der Waals surface area contributed by atoms with E-state index in [0.29, 0.717) is 45.1 Å². The minimum Gasteiger partial charge on any atom is -0.444 e. The van der Waals surface area contributed by atoms with E-state index in [9.17, 15) is 29.4 Å². The highest BCUT2D eigenvalue weighted by Gasteiger charge is 2.36. The van der Waals surface area contributed by atoms with Crippen LogP contribution in [0.25, 0.3) is 0 Å². The fraction of sp³-hybridized carbons (Fsp3) is 0.897. The van der Waals surface area contributed by atoms with Gasteiger partial charge in [-0.2, -0.15) is 13.5 Å². The molecule has 0 aromatic rings. The lowest BCUT2D eigenvalue weighted by Crippen LogP contribution is -2.58. The molecule has 0 bridgehead atoms. The molecule has 0 saturated carbocycles. The summed E-state index contributed by atoms with van der Waals surface area (Å²) in [4.78, 5) is 55.0. The van der Waals surface area contributed by atoms with Crippen LogP contribution in [0.1, 0.15) is 117 Å². The van der Waals surface area contributed by atoms with Crippen molar-refractivity contribution in [1.82, 2.24) is 30.2 Å². The molecule has 3 heterocycles. The summed E-state index contributed by atoms with van der Waals surface area (Å²) >= 11 is 4.24. The molecule has 14 nitrogen and oxygen atoms in total. The highest BCUT2D eigenvalue weighted by molar-refractivity contribution is 15.0. The standard InChI is InChI=1S/C17H32N2O4.C12H24N2O2.C10H20N2O2.I2.HI.H2S/c1-12-11-18(15(22)23-17(5,6)7)8-9-19(12)14(21)13(20)10-16(2,3)4;1-9-8-13-5-6-14(9)11(16)10(15)7-12(2,3)4;1-8-7-12(6-5-11-8)9(13)14-10(2,3)4;1-2;;/h12-13,20H,8-11H2,1-7H3;9-10,13,15H,5-8H2,1-4H3;8,11H,5-7H2,1-4H3;;1H;1H2/t12-,13+;9-,10+;8-;;;/m000.../s1. The van der Waals surface area contributed by atoms with Crippen LogP contribution in [0.3, 0.4) is 0 Å². The molecular weight excluding hydrogens is 1090 g/mol. The van der Waals surface area contributed by atoms with Crippen LogP contribution in [0, 0.1) is 10.8 Å². The van der Waals surface area contributed by atoms with Crippen LogP contribution in [0.15, 0.2) is 0 Å². The van der Waals surface area contributed by atoms with Crippen LogP contribution >= 0.6 is 74.7 Å². The second kappa shape index (κ2) is 27.7. The van der Waals surface area contributed by atoms with Crippen molar-refractivity contribution in [1.29, 1.82) is 0 Å². The number of aliphatic hydroxyl groups excluding tert-OH is 2. The zero-order chi connectivity index (χ0) is 43.1. The first-order chi connectivity index (χ1) is 25.0. The second-order valence-corrected chi connectivity index (χ2v) is 19.2. The Labute approximate surface area is 392 Å². The van der Waals surface area contributed by atoms with Gasteiger partial charge in [0.15, 0.2) is 0 Å². The fourth-order valence-corrected chi connectivity index (χ4v) is 6.09. The van der Waals surface area contributed by atoms with E-state index in [1.807, 2.05) is 96.9 Å². The predicted octanol–water partition coefficient (Wildman–Crippen LogP) is 6.57. The van der Waals surface area contributed by atoms with E-state index in [4.69, 9.17) is 9.47 Å². The normalized spacial score (nSPS) is 21.2. The van der Waals surface area contributed by atoms with Crippen LogP contribution < -0.4 is 10.6 Å². The van der Waals surface area contributed by atoms with Crippen molar-refractivity contribution in [2.75, 3.05) is 58.9 Å². The Morgan fingerprint density at radius 1 is 0.649 bits per heavy atom. The van der Waals surface area contributed by atoms with Crippen molar-refractivity contribution in [3.8, 4) is 0 Å². The quantitative estimate of drug-likeness (QED) is 0.227. The summed E-state index contributed by atoms with van der Waals surface area (Å²) in [7, 11) is 0. The molecule has 3 saturated heterocycles. The van der Waals surface area contributed by atoms with E-state index in [2.05, 4.69) is 54.8 Å². The number of rotatable bonds is 4. The minimum absolute atomic E-state index is 0. The average molecular weight is 1170 g/mol. The van der Waals surface area contributed by atoms with E-state index >= 15 is 0 Å². The molecule has 18 heteroatoms. The summed E-state index contributed by atoms with van der Waals surface area (Å²) < 4.78 is 10.7. The van der Waals surface area contributed by atoms with E-state index in [1.54, 1.807) is 19.6 Å². The Balaban J connectivity index is -0.000000762. The predicted molar refractivity (Wildman–Crippen MR) is 262 cm³/mol. The third-order valence-corrected chi connectivity index (χ3v) is 8.55. The molecule has 4 N–H and O–H groups in total. The topological polar surface area (TPSA) is 164 Å². The Bertz CT molecular complexity index is 1200. The number of ether oxygens (including phenoxy) is 2. The van der Waals surface area contributed by atoms with Gasteiger partial charge >= 0.3 is 12.2 Å². The van der Waals surface area contributed by atoms with Gasteiger partial charge in [0.1, 0.15) is 23.4 Å². The van der Waals surface area contributed by atoms with Gasteiger partial charge < -0.3 is 49.9 Å². The number of aliphatic hydroxyl groups is 2. The number of carbonyl (C=O) groups is 4. The number of nitrogens with zero attached hydrogens (tertiary/aromatic N) is 4. The summed E-state index contributed by atoms with van der Waals surface area (Å²) in [5.41, 5.74) is -1.07. The molecule has 0 spiro atoms. The van der Waals surface area contributed by atoms with Gasteiger partial charge in [0.25, 0.3) is 11.8 Å². The molecule has 0 aromatic heterocycles. The fourth-order valence-electron chi connectivity index (χ4n) is 6.09. The minimum atomic E-state index is -0.995. The lowest BCUT2D eigenvalue weighted by Gasteiger charge is -2.41. The molecule has 0 radical (unpaired) electrons. The van der Waals surface area contributed by atoms with Crippen LogP contribution in [0.2, 0.25) is 0 Å². The third-order valence-electron chi connectivity index (χ3n) is 8.55. The van der Waals surface area contributed by atoms with Gasteiger partial charge in [-0.25, -0.2) is 9.59 Å². The molecule has 3 rings (SSSR count). The van der Waals surface area contributed by atoms with Gasteiger partial charge in [0, 0.05) is 114 Å². The molecular formula is C39H79I3N6O8S. The van der Waals surface area contributed by atoms with E-state index in [1.165, 1.54) is 0 Å².